The summed E-state index contributed by atoms with van der Waals surface area (Å²) >= 11 is 0. The highest BCUT2D eigenvalue weighted by Crippen LogP contribution is 2.41. The largest absolute Gasteiger partial charge is 0.496 e. The van der Waals surface area contributed by atoms with E-state index in [1.54, 1.807) is 6.07 Å². The summed E-state index contributed by atoms with van der Waals surface area (Å²) in [4.78, 5) is 24.3. The van der Waals surface area contributed by atoms with Crippen LogP contribution in [0.5, 0.6) is 5.75 Å². The molecule has 1 fully saturated rings. The van der Waals surface area contributed by atoms with E-state index in [9.17, 15) is 27.2 Å². The first-order chi connectivity index (χ1) is 14.6. The third-order valence-electron chi connectivity index (χ3n) is 4.61. The van der Waals surface area contributed by atoms with Crippen LogP contribution in [0.25, 0.3) is 0 Å². The van der Waals surface area contributed by atoms with Crippen LogP contribution >= 0.6 is 0 Å². The lowest BCUT2D eigenvalue weighted by atomic mass is 9.93. The number of pyridine rings is 1. The number of hydrogen-bond donors (Lipinski definition) is 2. The second-order valence-electron chi connectivity index (χ2n) is 6.65. The summed E-state index contributed by atoms with van der Waals surface area (Å²) in [6, 6.07) is 5.67. The average molecular weight is 443 g/mol. The van der Waals surface area contributed by atoms with Gasteiger partial charge in [-0.25, -0.2) is 4.39 Å². The molecule has 0 saturated carbocycles. The quantitative estimate of drug-likeness (QED) is 0.545. The summed E-state index contributed by atoms with van der Waals surface area (Å²) < 4.78 is 61.0. The highest BCUT2D eigenvalue weighted by Gasteiger charge is 2.46. The van der Waals surface area contributed by atoms with Crippen LogP contribution in [0.4, 0.5) is 23.2 Å². The number of amides is 2. The lowest BCUT2D eigenvalue weighted by Gasteiger charge is -2.16. The topological polar surface area (TPSA) is 104 Å². The summed E-state index contributed by atoms with van der Waals surface area (Å²) in [5, 5.41) is 2.37. The van der Waals surface area contributed by atoms with Crippen molar-refractivity contribution in [2.75, 3.05) is 19.0 Å². The fourth-order valence-corrected chi connectivity index (χ4v) is 3.08. The van der Waals surface area contributed by atoms with Gasteiger partial charge in [0.05, 0.1) is 13.7 Å². The molecule has 1 aliphatic rings. The van der Waals surface area contributed by atoms with Crippen LogP contribution in [0.2, 0.25) is 0 Å². The molecule has 2 unspecified atom stereocenters. The summed E-state index contributed by atoms with van der Waals surface area (Å²) in [5.74, 6) is -1.19. The molecule has 11 heteroatoms. The summed E-state index contributed by atoms with van der Waals surface area (Å²) in [6.45, 7) is 1.50. The second-order valence-corrected chi connectivity index (χ2v) is 6.65. The monoisotopic (exact) mass is 443 g/mol. The van der Waals surface area contributed by atoms with Gasteiger partial charge in [-0.05, 0) is 31.5 Å². The molecule has 2 atom stereocenters. The molecule has 1 aliphatic heterocycles. The number of carbonyl (C=O) groups excluding carboxylic acids is 2. The van der Waals surface area contributed by atoms with Crippen molar-refractivity contribution in [1.82, 2.24) is 4.98 Å². The van der Waals surface area contributed by atoms with Crippen molar-refractivity contribution in [2.24, 2.45) is 5.73 Å². The van der Waals surface area contributed by atoms with Crippen LogP contribution in [0.15, 0.2) is 30.5 Å². The molecular formula is C20H21F4N3O4. The van der Waals surface area contributed by atoms with Crippen molar-refractivity contribution in [3.05, 3.63) is 53.1 Å². The van der Waals surface area contributed by atoms with Crippen molar-refractivity contribution in [2.45, 2.75) is 31.5 Å². The minimum atomic E-state index is -4.36. The van der Waals surface area contributed by atoms with E-state index in [1.807, 2.05) is 0 Å². The van der Waals surface area contributed by atoms with Crippen LogP contribution in [-0.4, -0.2) is 43.3 Å². The van der Waals surface area contributed by atoms with E-state index in [2.05, 4.69) is 10.3 Å². The number of aromatic nitrogens is 1. The summed E-state index contributed by atoms with van der Waals surface area (Å²) in [6.07, 6.45) is -4.37. The number of nitrogens with two attached hydrogens (primary N) is 1. The van der Waals surface area contributed by atoms with Gasteiger partial charge < -0.3 is 20.5 Å². The standard InChI is InChI=1S/C13H14F4O2.C7H7N3O2/c1-7-10(14)4-3-9(12(7)18-2)8-5-11(19-6-8)13(15,16)17;8-7(12)6-3-5(10-4-11)1-2-9-6/h3-4,8,11H,5-6H2,1-2H3;1-4H,(H2,8,12)(H,9,10,11). The molecule has 0 radical (unpaired) electrons. The van der Waals surface area contributed by atoms with E-state index < -0.39 is 29.9 Å². The highest BCUT2D eigenvalue weighted by molar-refractivity contribution is 5.92. The van der Waals surface area contributed by atoms with Crippen molar-refractivity contribution in [1.29, 1.82) is 0 Å². The number of alkyl halides is 3. The Bertz CT molecular complexity index is 937. The minimum absolute atomic E-state index is 0.0361. The maximum atomic E-state index is 13.4. The number of benzene rings is 1. The van der Waals surface area contributed by atoms with E-state index in [0.717, 1.165) is 0 Å². The zero-order chi connectivity index (χ0) is 23.2. The molecule has 168 valence electrons. The Morgan fingerprint density at radius 1 is 1.35 bits per heavy atom. The van der Waals surface area contributed by atoms with Crippen LogP contribution in [0.1, 0.15) is 34.0 Å². The molecule has 7 nitrogen and oxygen atoms in total. The van der Waals surface area contributed by atoms with Crippen LogP contribution < -0.4 is 15.8 Å². The Balaban J connectivity index is 0.000000245. The molecule has 1 aromatic heterocycles. The zero-order valence-electron chi connectivity index (χ0n) is 16.7. The lowest BCUT2D eigenvalue weighted by Crippen LogP contribution is -2.27. The Hall–Kier alpha value is -3.21. The Morgan fingerprint density at radius 2 is 2.06 bits per heavy atom. The number of rotatable bonds is 5. The molecule has 2 heterocycles. The smallest absolute Gasteiger partial charge is 0.414 e. The van der Waals surface area contributed by atoms with Gasteiger partial charge in [0.1, 0.15) is 17.3 Å². The van der Waals surface area contributed by atoms with Crippen LogP contribution in [-0.2, 0) is 9.53 Å². The molecule has 0 spiro atoms. The van der Waals surface area contributed by atoms with Gasteiger partial charge >= 0.3 is 6.18 Å². The number of hydrogen-bond acceptors (Lipinski definition) is 5. The van der Waals surface area contributed by atoms with Gasteiger partial charge in [-0.3, -0.25) is 14.6 Å². The molecule has 31 heavy (non-hydrogen) atoms. The average Bonchev–Trinajstić information content (AvgIpc) is 3.21. The van der Waals surface area contributed by atoms with Gasteiger partial charge in [0.25, 0.3) is 5.91 Å². The Morgan fingerprint density at radius 3 is 2.61 bits per heavy atom. The normalized spacial score (nSPS) is 18.0. The first kappa shape index (κ1) is 24.1. The molecule has 2 aromatic rings. The number of ether oxygens (including phenoxy) is 2. The number of nitrogens with zero attached hydrogens (tertiary/aromatic N) is 1. The minimum Gasteiger partial charge on any atom is -0.496 e. The van der Waals surface area contributed by atoms with Gasteiger partial charge in [0.15, 0.2) is 6.10 Å². The van der Waals surface area contributed by atoms with Gasteiger partial charge in [-0.2, -0.15) is 13.2 Å². The molecule has 3 rings (SSSR count). The molecule has 2 amide bonds. The number of halogens is 4. The molecular weight excluding hydrogens is 422 g/mol. The van der Waals surface area contributed by atoms with Crippen molar-refractivity contribution in [3.8, 4) is 5.75 Å². The van der Waals surface area contributed by atoms with E-state index in [1.165, 1.54) is 38.4 Å². The van der Waals surface area contributed by atoms with E-state index >= 15 is 0 Å². The molecule has 0 aliphatic carbocycles. The van der Waals surface area contributed by atoms with Crippen LogP contribution in [0, 0.1) is 12.7 Å². The number of primary amides is 1. The van der Waals surface area contributed by atoms with E-state index in [4.69, 9.17) is 15.2 Å². The van der Waals surface area contributed by atoms with Gasteiger partial charge in [-0.1, -0.05) is 6.07 Å². The predicted octanol–water partition coefficient (Wildman–Crippen LogP) is 3.33. The summed E-state index contributed by atoms with van der Waals surface area (Å²) in [7, 11) is 1.38. The van der Waals surface area contributed by atoms with Crippen molar-refractivity contribution >= 4 is 18.0 Å². The second kappa shape index (κ2) is 10.2. The summed E-state index contributed by atoms with van der Waals surface area (Å²) in [5.41, 5.74) is 6.45. The van der Waals surface area contributed by atoms with Crippen molar-refractivity contribution in [3.63, 3.8) is 0 Å². The molecule has 1 aromatic carbocycles. The SMILES string of the molecule is COc1c(C2COC(C(F)(F)F)C2)ccc(F)c1C.NC(=O)c1cc(NC=O)ccn1. The highest BCUT2D eigenvalue weighted by atomic mass is 19.4. The van der Waals surface area contributed by atoms with Gasteiger partial charge in [0, 0.05) is 28.9 Å². The van der Waals surface area contributed by atoms with Gasteiger partial charge in [0.2, 0.25) is 6.41 Å². The first-order valence-corrected chi connectivity index (χ1v) is 9.05. The fraction of sp³-hybridized carbons (Fsp3) is 0.350. The van der Waals surface area contributed by atoms with Crippen LogP contribution in [0.3, 0.4) is 0 Å². The number of nitrogens with one attached hydrogen (secondary N) is 1. The maximum Gasteiger partial charge on any atom is 0.414 e. The predicted molar refractivity (Wildman–Crippen MR) is 103 cm³/mol. The number of methoxy groups -OCH3 is 1. The Kier molecular flexibility index (Phi) is 7.92. The number of anilines is 1. The molecule has 1 saturated heterocycles. The lowest BCUT2D eigenvalue weighted by molar-refractivity contribution is -0.206. The maximum absolute atomic E-state index is 13.4. The molecule has 3 N–H and O–H groups in total. The Labute approximate surface area is 175 Å². The van der Waals surface area contributed by atoms with E-state index in [-0.39, 0.29) is 18.7 Å². The van der Waals surface area contributed by atoms with E-state index in [0.29, 0.717) is 29.0 Å². The third kappa shape index (κ3) is 6.14. The van der Waals surface area contributed by atoms with Crippen molar-refractivity contribution < 1.29 is 36.6 Å². The third-order valence-corrected chi connectivity index (χ3v) is 4.61. The number of carbonyl (C=O) groups is 2. The fourth-order valence-electron chi connectivity index (χ4n) is 3.08. The molecule has 0 bridgehead atoms. The van der Waals surface area contributed by atoms with Gasteiger partial charge in [-0.15, -0.1) is 0 Å². The zero-order valence-corrected chi connectivity index (χ0v) is 16.7. The first-order valence-electron chi connectivity index (χ1n) is 9.05.